The second-order valence-corrected chi connectivity index (χ2v) is 7.57. The maximum atomic E-state index is 12.7. The largest absolute Gasteiger partial charge is 0.465 e. The van der Waals surface area contributed by atoms with Crippen LogP contribution in [-0.4, -0.2) is 49.0 Å². The Hall–Kier alpha value is -1.78. The smallest absolute Gasteiger partial charge is 0.349 e. The first-order valence-corrected chi connectivity index (χ1v) is 8.78. The van der Waals surface area contributed by atoms with Crippen molar-refractivity contribution in [1.82, 2.24) is 14.4 Å². The molecule has 0 radical (unpaired) electrons. The van der Waals surface area contributed by atoms with Gasteiger partial charge in [0.05, 0.1) is 7.11 Å². The summed E-state index contributed by atoms with van der Waals surface area (Å²) in [6.45, 7) is 0.607. The predicted octanol–water partition coefficient (Wildman–Crippen LogP) is 1.10. The number of ether oxygens (including phenoxy) is 1. The van der Waals surface area contributed by atoms with Gasteiger partial charge in [-0.1, -0.05) is 5.16 Å². The monoisotopic (exact) mass is 343 g/mol. The third-order valence-electron chi connectivity index (χ3n) is 3.51. The third kappa shape index (κ3) is 2.53. The Balaban J connectivity index is 1.86. The number of nitrogens with zero attached hydrogens (tertiary/aromatic N) is 3. The summed E-state index contributed by atoms with van der Waals surface area (Å²) in [6, 6.07) is 1.42. The van der Waals surface area contributed by atoms with Crippen LogP contribution in [0.3, 0.4) is 0 Å². The molecule has 2 aromatic rings. The van der Waals surface area contributed by atoms with E-state index in [4.69, 9.17) is 4.52 Å². The van der Waals surface area contributed by atoms with Gasteiger partial charge < -0.3 is 9.26 Å². The Bertz CT molecular complexity index is 769. The van der Waals surface area contributed by atoms with E-state index < -0.39 is 16.0 Å². The van der Waals surface area contributed by atoms with Crippen LogP contribution in [0, 0.1) is 0 Å². The first kappa shape index (κ1) is 15.1. The van der Waals surface area contributed by atoms with Crippen molar-refractivity contribution in [2.75, 3.05) is 20.2 Å². The minimum absolute atomic E-state index is 0.0156. The normalized spacial score (nSPS) is 19.4. The van der Waals surface area contributed by atoms with Crippen molar-refractivity contribution in [3.63, 3.8) is 0 Å². The fourth-order valence-electron chi connectivity index (χ4n) is 2.40. The lowest BCUT2D eigenvalue weighted by Gasteiger charge is -2.15. The van der Waals surface area contributed by atoms with Crippen LogP contribution in [-0.2, 0) is 14.8 Å². The molecule has 118 valence electrons. The maximum Gasteiger partial charge on any atom is 0.349 e. The second kappa shape index (κ2) is 5.78. The van der Waals surface area contributed by atoms with Gasteiger partial charge in [0.15, 0.2) is 5.82 Å². The van der Waals surface area contributed by atoms with Crippen molar-refractivity contribution in [3.8, 4) is 0 Å². The fourth-order valence-corrected chi connectivity index (χ4v) is 5.21. The highest BCUT2D eigenvalue weighted by molar-refractivity contribution is 7.89. The summed E-state index contributed by atoms with van der Waals surface area (Å²) in [5, 5.41) is 5.32. The van der Waals surface area contributed by atoms with Crippen LogP contribution < -0.4 is 0 Å². The lowest BCUT2D eigenvalue weighted by atomic mass is 10.1. The molecule has 0 saturated carbocycles. The zero-order chi connectivity index (χ0) is 15.7. The van der Waals surface area contributed by atoms with E-state index in [1.165, 1.54) is 23.9 Å². The van der Waals surface area contributed by atoms with Gasteiger partial charge in [0.2, 0.25) is 16.4 Å². The van der Waals surface area contributed by atoms with Gasteiger partial charge in [-0.15, -0.1) is 11.3 Å². The van der Waals surface area contributed by atoms with E-state index in [1.807, 2.05) is 0 Å². The summed E-state index contributed by atoms with van der Waals surface area (Å²) in [6.07, 6.45) is 1.83. The summed E-state index contributed by atoms with van der Waals surface area (Å²) >= 11 is 1.05. The van der Waals surface area contributed by atoms with Crippen molar-refractivity contribution >= 4 is 27.3 Å². The number of carbonyl (C=O) groups is 1. The predicted molar refractivity (Wildman–Crippen MR) is 76.1 cm³/mol. The minimum Gasteiger partial charge on any atom is -0.465 e. The molecule has 1 unspecified atom stereocenters. The van der Waals surface area contributed by atoms with E-state index in [-0.39, 0.29) is 22.2 Å². The SMILES string of the molecule is COC(=O)c1sccc1S(=O)(=O)N1CCC(c2ncon2)C1. The molecule has 10 heteroatoms. The molecule has 22 heavy (non-hydrogen) atoms. The van der Waals surface area contributed by atoms with E-state index in [0.29, 0.717) is 18.8 Å². The molecule has 0 aromatic carbocycles. The van der Waals surface area contributed by atoms with Crippen molar-refractivity contribution < 1.29 is 22.5 Å². The summed E-state index contributed by atoms with van der Waals surface area (Å²) in [5.74, 6) is -0.257. The van der Waals surface area contributed by atoms with Crippen molar-refractivity contribution in [2.24, 2.45) is 0 Å². The summed E-state index contributed by atoms with van der Waals surface area (Å²) in [4.78, 5) is 15.7. The van der Waals surface area contributed by atoms with Crippen molar-refractivity contribution in [1.29, 1.82) is 0 Å². The highest BCUT2D eigenvalue weighted by atomic mass is 32.2. The van der Waals surface area contributed by atoms with Gasteiger partial charge in [-0.3, -0.25) is 0 Å². The van der Waals surface area contributed by atoms with Gasteiger partial charge in [-0.25, -0.2) is 13.2 Å². The number of sulfonamides is 1. The Labute approximate surface area is 130 Å². The van der Waals surface area contributed by atoms with Crippen LogP contribution in [0.1, 0.15) is 27.8 Å². The highest BCUT2D eigenvalue weighted by Gasteiger charge is 2.37. The van der Waals surface area contributed by atoms with Crippen LogP contribution in [0.5, 0.6) is 0 Å². The number of hydrogen-bond donors (Lipinski definition) is 0. The average Bonchev–Trinajstić information content (AvgIpc) is 3.25. The summed E-state index contributed by atoms with van der Waals surface area (Å²) in [7, 11) is -2.53. The lowest BCUT2D eigenvalue weighted by molar-refractivity contribution is 0.0602. The van der Waals surface area contributed by atoms with Crippen LogP contribution in [0.15, 0.2) is 27.3 Å². The van der Waals surface area contributed by atoms with Gasteiger partial charge in [0.1, 0.15) is 9.77 Å². The number of carbonyl (C=O) groups excluding carboxylic acids is 1. The van der Waals surface area contributed by atoms with E-state index in [2.05, 4.69) is 14.9 Å². The molecule has 3 rings (SSSR count). The Morgan fingerprint density at radius 1 is 1.55 bits per heavy atom. The van der Waals surface area contributed by atoms with Crippen molar-refractivity contribution in [2.45, 2.75) is 17.2 Å². The highest BCUT2D eigenvalue weighted by Crippen LogP contribution is 2.32. The molecule has 3 heterocycles. The molecule has 2 aromatic heterocycles. The molecular formula is C12H13N3O5S2. The Kier molecular flexibility index (Phi) is 3.98. The number of thiophene rings is 1. The van der Waals surface area contributed by atoms with E-state index in [9.17, 15) is 13.2 Å². The zero-order valence-corrected chi connectivity index (χ0v) is 13.3. The van der Waals surface area contributed by atoms with Gasteiger partial charge in [-0.05, 0) is 17.9 Å². The number of esters is 1. The molecule has 0 aliphatic carbocycles. The molecule has 1 saturated heterocycles. The van der Waals surface area contributed by atoms with Crippen LogP contribution in [0.4, 0.5) is 0 Å². The summed E-state index contributed by atoms with van der Waals surface area (Å²) < 4.78 is 36.1. The fraction of sp³-hybridized carbons (Fsp3) is 0.417. The summed E-state index contributed by atoms with van der Waals surface area (Å²) in [5.41, 5.74) is 0. The Morgan fingerprint density at radius 3 is 3.05 bits per heavy atom. The van der Waals surface area contributed by atoms with Gasteiger partial charge in [0.25, 0.3) is 0 Å². The minimum atomic E-state index is -3.75. The van der Waals surface area contributed by atoms with Crippen molar-refractivity contribution in [3.05, 3.63) is 28.5 Å². The Morgan fingerprint density at radius 2 is 2.36 bits per heavy atom. The molecule has 0 spiro atoms. The molecule has 0 N–H and O–H groups in total. The van der Waals surface area contributed by atoms with E-state index in [0.717, 1.165) is 11.3 Å². The molecule has 1 aliphatic heterocycles. The standard InChI is InChI=1S/C12H13N3O5S2/c1-19-12(16)10-9(3-5-21-10)22(17,18)15-4-2-8(6-15)11-13-7-20-14-11/h3,5,7-8H,2,4,6H2,1H3. The topological polar surface area (TPSA) is 103 Å². The number of aromatic nitrogens is 2. The molecule has 1 fully saturated rings. The third-order valence-corrected chi connectivity index (χ3v) is 6.44. The maximum absolute atomic E-state index is 12.7. The molecule has 1 atom stereocenters. The second-order valence-electron chi connectivity index (χ2n) is 4.74. The first-order chi connectivity index (χ1) is 10.5. The lowest BCUT2D eigenvalue weighted by Crippen LogP contribution is -2.29. The quantitative estimate of drug-likeness (QED) is 0.766. The van der Waals surface area contributed by atoms with Gasteiger partial charge >= 0.3 is 5.97 Å². The van der Waals surface area contributed by atoms with Crippen LogP contribution >= 0.6 is 11.3 Å². The van der Waals surface area contributed by atoms with Crippen LogP contribution in [0.2, 0.25) is 0 Å². The molecule has 1 aliphatic rings. The zero-order valence-electron chi connectivity index (χ0n) is 11.6. The average molecular weight is 343 g/mol. The first-order valence-electron chi connectivity index (χ1n) is 6.46. The molecule has 8 nitrogen and oxygen atoms in total. The van der Waals surface area contributed by atoms with E-state index >= 15 is 0 Å². The van der Waals surface area contributed by atoms with Crippen LogP contribution in [0.25, 0.3) is 0 Å². The van der Waals surface area contributed by atoms with Gasteiger partial charge in [-0.2, -0.15) is 9.29 Å². The number of rotatable bonds is 4. The van der Waals surface area contributed by atoms with Gasteiger partial charge in [0, 0.05) is 19.0 Å². The molecular weight excluding hydrogens is 330 g/mol. The number of hydrogen-bond acceptors (Lipinski definition) is 8. The molecule has 0 amide bonds. The molecule has 0 bridgehead atoms. The number of methoxy groups -OCH3 is 1. The van der Waals surface area contributed by atoms with E-state index in [1.54, 1.807) is 5.38 Å².